The molecule has 1 aliphatic heterocycles. The van der Waals surface area contributed by atoms with Crippen molar-refractivity contribution >= 4 is 5.82 Å². The Labute approximate surface area is 215 Å². The summed E-state index contributed by atoms with van der Waals surface area (Å²) in [4.78, 5) is 6.98. The van der Waals surface area contributed by atoms with Gasteiger partial charge in [0, 0.05) is 37.9 Å². The lowest BCUT2D eigenvalue weighted by Crippen LogP contribution is -2.43. The molecule has 0 atom stereocenters. The van der Waals surface area contributed by atoms with Gasteiger partial charge in [0.05, 0.1) is 12.7 Å². The van der Waals surface area contributed by atoms with Crippen molar-refractivity contribution in [2.45, 2.75) is 6.61 Å². The third-order valence-corrected chi connectivity index (χ3v) is 6.44. The maximum absolute atomic E-state index is 14.7. The zero-order valence-electron chi connectivity index (χ0n) is 20.6. The molecule has 1 aliphatic rings. The molecule has 0 bridgehead atoms. The highest BCUT2D eigenvalue weighted by Crippen LogP contribution is 2.39. The second-order valence-electron chi connectivity index (χ2n) is 8.77. The van der Waals surface area contributed by atoms with E-state index in [0.29, 0.717) is 23.7 Å². The summed E-state index contributed by atoms with van der Waals surface area (Å²) in [5.41, 5.74) is 4.26. The molecular formula is C30H27FN4O2. The van der Waals surface area contributed by atoms with E-state index in [0.717, 1.165) is 54.3 Å². The van der Waals surface area contributed by atoms with Crippen LogP contribution in [0.25, 0.3) is 22.3 Å². The summed E-state index contributed by atoms with van der Waals surface area (Å²) < 4.78 is 26.3. The molecule has 7 heteroatoms. The molecule has 5 rings (SSSR count). The number of ether oxygens (including phenoxy) is 2. The Kier molecular flexibility index (Phi) is 7.29. The Morgan fingerprint density at radius 1 is 0.946 bits per heavy atom. The number of nitrogens with zero attached hydrogens (tertiary/aromatic N) is 3. The van der Waals surface area contributed by atoms with Crippen LogP contribution in [0.2, 0.25) is 0 Å². The number of rotatable bonds is 7. The number of aromatic nitrogens is 1. The second kappa shape index (κ2) is 11.1. The quantitative estimate of drug-likeness (QED) is 0.370. The predicted molar refractivity (Wildman–Crippen MR) is 142 cm³/mol. The molecule has 1 aromatic heterocycles. The van der Waals surface area contributed by atoms with Gasteiger partial charge in [-0.2, -0.15) is 5.26 Å². The standard InChI is InChI=1S/C30H27FN4O2/c1-36-28-10-9-23(16-29(28)37-20-21-5-3-2-4-6-21)26-19-34-30(35-13-11-33-12-14-35)17-25(26)22-7-8-24(18-32)27(31)15-22/h2-10,15-17,19,33H,11-14,20H2,1H3. The Hall–Kier alpha value is -4.41. The third kappa shape index (κ3) is 5.40. The maximum Gasteiger partial charge on any atom is 0.162 e. The van der Waals surface area contributed by atoms with Gasteiger partial charge in [-0.05, 0) is 52.6 Å². The van der Waals surface area contributed by atoms with Gasteiger partial charge in [0.25, 0.3) is 0 Å². The molecule has 0 unspecified atom stereocenters. The molecule has 0 amide bonds. The van der Waals surface area contributed by atoms with Gasteiger partial charge in [0.1, 0.15) is 24.3 Å². The SMILES string of the molecule is COc1ccc(-c2cnc(N3CCNCC3)cc2-c2ccc(C#N)c(F)c2)cc1OCc1ccccc1. The smallest absolute Gasteiger partial charge is 0.162 e. The summed E-state index contributed by atoms with van der Waals surface area (Å²) in [5, 5.41) is 12.6. The van der Waals surface area contributed by atoms with E-state index < -0.39 is 5.82 Å². The molecule has 0 radical (unpaired) electrons. The van der Waals surface area contributed by atoms with Crippen molar-refractivity contribution in [1.29, 1.82) is 5.26 Å². The summed E-state index contributed by atoms with van der Waals surface area (Å²) >= 11 is 0. The Balaban J connectivity index is 1.57. The minimum Gasteiger partial charge on any atom is -0.493 e. The first-order valence-corrected chi connectivity index (χ1v) is 12.2. The molecule has 3 aromatic carbocycles. The molecule has 6 nitrogen and oxygen atoms in total. The molecule has 0 spiro atoms. The van der Waals surface area contributed by atoms with Crippen LogP contribution < -0.4 is 19.7 Å². The number of anilines is 1. The van der Waals surface area contributed by atoms with Crippen molar-refractivity contribution < 1.29 is 13.9 Å². The highest BCUT2D eigenvalue weighted by molar-refractivity contribution is 5.85. The van der Waals surface area contributed by atoms with Crippen molar-refractivity contribution in [2.75, 3.05) is 38.2 Å². The minimum atomic E-state index is -0.548. The molecule has 4 aromatic rings. The number of methoxy groups -OCH3 is 1. The van der Waals surface area contributed by atoms with Crippen LogP contribution >= 0.6 is 0 Å². The van der Waals surface area contributed by atoms with Gasteiger partial charge >= 0.3 is 0 Å². The lowest BCUT2D eigenvalue weighted by molar-refractivity contribution is 0.284. The van der Waals surface area contributed by atoms with Gasteiger partial charge in [0.2, 0.25) is 0 Å². The number of piperazine rings is 1. The van der Waals surface area contributed by atoms with Crippen molar-refractivity contribution in [3.63, 3.8) is 0 Å². The van der Waals surface area contributed by atoms with E-state index in [1.54, 1.807) is 13.2 Å². The molecule has 2 heterocycles. The Morgan fingerprint density at radius 3 is 2.43 bits per heavy atom. The fourth-order valence-electron chi connectivity index (χ4n) is 4.45. The van der Waals surface area contributed by atoms with E-state index in [1.165, 1.54) is 12.1 Å². The molecule has 0 aliphatic carbocycles. The van der Waals surface area contributed by atoms with Crippen LogP contribution in [0, 0.1) is 17.1 Å². The second-order valence-corrected chi connectivity index (χ2v) is 8.77. The zero-order valence-corrected chi connectivity index (χ0v) is 20.6. The summed E-state index contributed by atoms with van der Waals surface area (Å²) in [6.07, 6.45) is 1.82. The van der Waals surface area contributed by atoms with Crippen molar-refractivity contribution in [2.24, 2.45) is 0 Å². The molecule has 1 saturated heterocycles. The number of hydrogen-bond acceptors (Lipinski definition) is 6. The van der Waals surface area contributed by atoms with Crippen LogP contribution in [0.4, 0.5) is 10.2 Å². The molecule has 37 heavy (non-hydrogen) atoms. The van der Waals surface area contributed by atoms with Crippen molar-refractivity contribution in [1.82, 2.24) is 10.3 Å². The average Bonchev–Trinajstić information content (AvgIpc) is 2.96. The lowest BCUT2D eigenvalue weighted by atomic mass is 9.95. The topological polar surface area (TPSA) is 70.4 Å². The van der Waals surface area contributed by atoms with Gasteiger partial charge in [0.15, 0.2) is 11.5 Å². The van der Waals surface area contributed by atoms with Crippen molar-refractivity contribution in [3.8, 4) is 39.8 Å². The number of benzene rings is 3. The van der Waals surface area contributed by atoms with E-state index in [-0.39, 0.29) is 5.56 Å². The Bertz CT molecular complexity index is 1430. The van der Waals surface area contributed by atoms with Crippen molar-refractivity contribution in [3.05, 3.63) is 95.9 Å². The van der Waals surface area contributed by atoms with Crippen LogP contribution in [-0.2, 0) is 6.61 Å². The zero-order chi connectivity index (χ0) is 25.6. The summed E-state index contributed by atoms with van der Waals surface area (Å²) in [5.74, 6) is 1.51. The van der Waals surface area contributed by atoms with Crippen LogP contribution in [0.3, 0.4) is 0 Å². The summed E-state index contributed by atoms with van der Waals surface area (Å²) in [7, 11) is 1.61. The van der Waals surface area contributed by atoms with Crippen LogP contribution in [0.15, 0.2) is 79.0 Å². The first-order valence-electron chi connectivity index (χ1n) is 12.2. The largest absolute Gasteiger partial charge is 0.493 e. The molecule has 186 valence electrons. The number of hydrogen-bond donors (Lipinski definition) is 1. The normalized spacial score (nSPS) is 13.2. The van der Waals surface area contributed by atoms with Gasteiger partial charge in [-0.1, -0.05) is 42.5 Å². The predicted octanol–water partition coefficient (Wildman–Crippen LogP) is 5.42. The minimum absolute atomic E-state index is 0.0164. The lowest BCUT2D eigenvalue weighted by Gasteiger charge is -2.29. The van der Waals surface area contributed by atoms with Crippen LogP contribution in [0.1, 0.15) is 11.1 Å². The molecule has 1 fully saturated rings. The molecular weight excluding hydrogens is 467 g/mol. The molecule has 1 N–H and O–H groups in total. The number of pyridine rings is 1. The van der Waals surface area contributed by atoms with Crippen LogP contribution in [0.5, 0.6) is 11.5 Å². The first-order chi connectivity index (χ1) is 18.2. The van der Waals surface area contributed by atoms with E-state index in [4.69, 9.17) is 14.5 Å². The third-order valence-electron chi connectivity index (χ3n) is 6.44. The van der Waals surface area contributed by atoms with Crippen LogP contribution in [-0.4, -0.2) is 38.3 Å². The number of halogens is 1. The monoisotopic (exact) mass is 494 g/mol. The number of nitriles is 1. The summed E-state index contributed by atoms with van der Waals surface area (Å²) in [6, 6.07) is 24.3. The van der Waals surface area contributed by atoms with E-state index in [1.807, 2.05) is 66.9 Å². The van der Waals surface area contributed by atoms with E-state index >= 15 is 0 Å². The highest BCUT2D eigenvalue weighted by atomic mass is 19.1. The summed E-state index contributed by atoms with van der Waals surface area (Å²) in [6.45, 7) is 3.84. The molecule has 0 saturated carbocycles. The maximum atomic E-state index is 14.7. The van der Waals surface area contributed by atoms with Gasteiger partial charge < -0.3 is 19.7 Å². The fourth-order valence-corrected chi connectivity index (χ4v) is 4.45. The van der Waals surface area contributed by atoms with Gasteiger partial charge in [-0.15, -0.1) is 0 Å². The van der Waals surface area contributed by atoms with Gasteiger partial charge in [-0.25, -0.2) is 9.37 Å². The number of nitrogens with one attached hydrogen (secondary N) is 1. The Morgan fingerprint density at radius 2 is 1.70 bits per heavy atom. The van der Waals surface area contributed by atoms with E-state index in [2.05, 4.69) is 10.2 Å². The average molecular weight is 495 g/mol. The highest BCUT2D eigenvalue weighted by Gasteiger charge is 2.18. The fraction of sp³-hybridized carbons (Fsp3) is 0.200. The van der Waals surface area contributed by atoms with Gasteiger partial charge in [-0.3, -0.25) is 0 Å². The first kappa shape index (κ1) is 24.3. The van der Waals surface area contributed by atoms with E-state index in [9.17, 15) is 9.65 Å².